The zero-order valence-corrected chi connectivity index (χ0v) is 50.9. The number of unbranched alkanes of at least 4 members (excludes halogenated alkanes) is 2. The Labute approximate surface area is 535 Å². The smallest absolute Gasteiger partial charge is 0.326 e. The number of nitrogens with one attached hydrogen (secondary N) is 8. The molecule has 0 aliphatic carbocycles. The predicted molar refractivity (Wildman–Crippen MR) is 327 cm³/mol. The molecule has 0 saturated heterocycles. The topological polar surface area (TPSA) is 509 Å². The lowest BCUT2D eigenvalue weighted by Crippen LogP contribution is -2.55. The number of amides is 6. The van der Waals surface area contributed by atoms with Gasteiger partial charge in [-0.05, 0) is 104 Å². The van der Waals surface area contributed by atoms with Crippen LogP contribution in [0.25, 0.3) is 22.8 Å². The van der Waals surface area contributed by atoms with E-state index in [-0.39, 0.29) is 74.8 Å². The van der Waals surface area contributed by atoms with Crippen LogP contribution in [-0.4, -0.2) is 224 Å². The summed E-state index contributed by atoms with van der Waals surface area (Å²) in [5.41, 5.74) is 2.86. The number of rotatable bonds is 41. The number of aliphatic hydroxyl groups excluding tert-OH is 1. The lowest BCUT2D eigenvalue weighted by molar-refractivity contribution is -0.147. The van der Waals surface area contributed by atoms with Crippen molar-refractivity contribution in [2.45, 2.75) is 89.1 Å². The number of carboxylic acid groups (broad SMARTS) is 5. The quantitative estimate of drug-likeness (QED) is 0.0210. The first kappa shape index (κ1) is 73.2. The molecule has 5 aromatic rings. The molecule has 34 nitrogen and oxygen atoms in total. The van der Waals surface area contributed by atoms with Gasteiger partial charge in [-0.25, -0.2) is 19.7 Å². The first-order valence-corrected chi connectivity index (χ1v) is 29.1. The van der Waals surface area contributed by atoms with E-state index in [1.54, 1.807) is 54.6 Å². The molecule has 6 amide bonds. The van der Waals surface area contributed by atoms with Crippen LogP contribution in [0.5, 0.6) is 5.75 Å². The Kier molecular flexibility index (Phi) is 29.5. The van der Waals surface area contributed by atoms with Crippen molar-refractivity contribution < 1.29 is 88.5 Å². The highest BCUT2D eigenvalue weighted by Gasteiger charge is 2.29. The summed E-state index contributed by atoms with van der Waals surface area (Å²) in [5.74, 6) is -11.2. The Hall–Kier alpha value is -10.6. The average molecular weight is 1320 g/mol. The molecular formula is C58H71ClN16O18. The fraction of sp³-hybridized carbons (Fsp3) is 0.397. The lowest BCUT2D eigenvalue weighted by atomic mass is 10.1. The monoisotopic (exact) mass is 1310 g/mol. The predicted octanol–water partition coefficient (Wildman–Crippen LogP) is -0.932. The van der Waals surface area contributed by atoms with Gasteiger partial charge >= 0.3 is 29.8 Å². The van der Waals surface area contributed by atoms with Gasteiger partial charge in [0.1, 0.15) is 29.9 Å². The van der Waals surface area contributed by atoms with Crippen molar-refractivity contribution in [1.29, 1.82) is 0 Å². The van der Waals surface area contributed by atoms with Crippen molar-refractivity contribution in [2.75, 3.05) is 69.6 Å². The number of carbonyl (C=O) groups is 11. The van der Waals surface area contributed by atoms with Crippen LogP contribution in [0.2, 0.25) is 5.28 Å². The van der Waals surface area contributed by atoms with E-state index in [9.17, 15) is 88.5 Å². The van der Waals surface area contributed by atoms with Gasteiger partial charge in [0.2, 0.25) is 52.6 Å². The number of aliphatic carboxylic acids is 5. The second kappa shape index (κ2) is 37.5. The molecule has 0 aliphatic rings. The average Bonchev–Trinajstić information content (AvgIpc) is 1.05. The summed E-state index contributed by atoms with van der Waals surface area (Å²) >= 11 is 6.21. The molecule has 0 fully saturated rings. The molecule has 498 valence electrons. The number of carboxylic acids is 5. The van der Waals surface area contributed by atoms with Crippen LogP contribution in [0.15, 0.2) is 78.9 Å². The molecule has 5 rings (SSSR count). The SMILES string of the molecule is CC(=O)NCC(=O)N[C@@H](CCCCNc1nc(Cl)nc(NCCCCC(C(=O)O)N(CC(=O)O)Cc2cccc(-c3cccc(-c4cccc(CN(CC(=O)O)CC(=O)O)n4)n3)n2)n1)C(=O)NCC(=O)N[C@@H](CO)C(=O)NCC(=O)N[C@@H](Cc1ccc(O)cc1)C(=O)O. The molecule has 0 bridgehead atoms. The van der Waals surface area contributed by atoms with Gasteiger partial charge in [0.05, 0.1) is 80.0 Å². The number of halogens is 1. The second-order valence-electron chi connectivity index (χ2n) is 20.7. The maximum absolute atomic E-state index is 13.3. The number of aromatic nitrogens is 6. The number of hydrogen-bond acceptors (Lipinski definition) is 23. The Morgan fingerprint density at radius 2 is 0.968 bits per heavy atom. The van der Waals surface area contributed by atoms with Crippen LogP contribution in [0.4, 0.5) is 11.9 Å². The van der Waals surface area contributed by atoms with Crippen LogP contribution >= 0.6 is 11.6 Å². The standard InChI is InChI=1S/C58H71ClN16O18/c1-33(77)62-24-46(79)68-42(52(88)63-26-48(81)70-44(32-76)53(89)64-25-47(80)69-43(54(90)91)23-34-17-19-37(78)20-18-34)11-2-4-21-60-57-71-56(59)72-58(73-57)61-22-5-3-16-45(55(92)93)75(31-51(86)87)28-36-10-7-13-39(66-36)41-15-8-14-40(67-41)38-12-6-9-35(65-38)27-74(29-49(82)83)30-50(84)85/h6-10,12-15,17-20,42-45,76,78H,2-5,11,16,21-32H2,1H3,(H,62,77)(H,63,88)(H,64,89)(H,68,79)(H,69,80)(H,70,81)(H,82,83)(H,84,85)(H,86,87)(H,90,91)(H,92,93)(H2,60,61,71,72,73)/t42-,43-,44-,45?/m0/s1. The van der Waals surface area contributed by atoms with Crippen molar-refractivity contribution in [2.24, 2.45) is 0 Å². The Bertz CT molecular complexity index is 3430. The number of pyridine rings is 3. The third-order valence-electron chi connectivity index (χ3n) is 13.3. The van der Waals surface area contributed by atoms with Gasteiger partial charge in [-0.15, -0.1) is 0 Å². The van der Waals surface area contributed by atoms with Gasteiger partial charge in [0.15, 0.2) is 0 Å². The van der Waals surface area contributed by atoms with Gasteiger partial charge in [0.25, 0.3) is 0 Å². The van der Waals surface area contributed by atoms with Gasteiger partial charge in [-0.1, -0.05) is 30.3 Å². The highest BCUT2D eigenvalue weighted by atomic mass is 35.5. The summed E-state index contributed by atoms with van der Waals surface area (Å²) in [6.07, 6.45) is 1.21. The van der Waals surface area contributed by atoms with Crippen LogP contribution in [0, 0.1) is 0 Å². The molecule has 1 aromatic carbocycles. The van der Waals surface area contributed by atoms with E-state index < -0.39 is 135 Å². The summed E-state index contributed by atoms with van der Waals surface area (Å²) in [7, 11) is 0. The first-order chi connectivity index (χ1) is 44.3. The molecule has 4 heterocycles. The second-order valence-corrected chi connectivity index (χ2v) is 21.1. The summed E-state index contributed by atoms with van der Waals surface area (Å²) in [5, 5.41) is 87.2. The molecule has 0 radical (unpaired) electrons. The van der Waals surface area contributed by atoms with E-state index in [4.69, 9.17) is 16.6 Å². The minimum absolute atomic E-state index is 0.0134. The fourth-order valence-corrected chi connectivity index (χ4v) is 9.10. The van der Waals surface area contributed by atoms with Crippen molar-refractivity contribution in [3.63, 3.8) is 0 Å². The molecular weight excluding hydrogens is 1240 g/mol. The molecule has 0 spiro atoms. The summed E-state index contributed by atoms with van der Waals surface area (Å²) in [6.45, 7) is -3.14. The van der Waals surface area contributed by atoms with Gasteiger partial charge in [-0.3, -0.25) is 57.7 Å². The highest BCUT2D eigenvalue weighted by molar-refractivity contribution is 6.28. The minimum Gasteiger partial charge on any atom is -0.508 e. The van der Waals surface area contributed by atoms with E-state index in [1.807, 2.05) is 0 Å². The molecule has 1 unspecified atom stereocenters. The molecule has 4 atom stereocenters. The van der Waals surface area contributed by atoms with Crippen molar-refractivity contribution >= 4 is 88.8 Å². The Morgan fingerprint density at radius 1 is 0.505 bits per heavy atom. The van der Waals surface area contributed by atoms with Crippen LogP contribution < -0.4 is 42.5 Å². The van der Waals surface area contributed by atoms with Crippen LogP contribution in [-0.2, 0) is 72.3 Å². The van der Waals surface area contributed by atoms with E-state index in [2.05, 4.69) is 67.5 Å². The van der Waals surface area contributed by atoms with Gasteiger partial charge in [0, 0.05) is 39.5 Å². The van der Waals surface area contributed by atoms with E-state index in [0.29, 0.717) is 59.0 Å². The van der Waals surface area contributed by atoms with Crippen molar-refractivity contribution in [3.8, 4) is 28.5 Å². The minimum atomic E-state index is -1.61. The number of benzene rings is 1. The number of carbonyl (C=O) groups excluding carboxylic acids is 6. The Morgan fingerprint density at radius 3 is 1.46 bits per heavy atom. The fourth-order valence-electron chi connectivity index (χ4n) is 8.94. The number of aromatic hydroxyl groups is 1. The summed E-state index contributed by atoms with van der Waals surface area (Å²) < 4.78 is 0. The van der Waals surface area contributed by atoms with Gasteiger partial charge < -0.3 is 78.3 Å². The zero-order valence-electron chi connectivity index (χ0n) is 50.1. The number of aliphatic hydroxyl groups is 1. The molecule has 35 heteroatoms. The van der Waals surface area contributed by atoms with E-state index in [1.165, 1.54) is 41.0 Å². The van der Waals surface area contributed by atoms with Crippen LogP contribution in [0.1, 0.15) is 62.4 Å². The third kappa shape index (κ3) is 26.8. The van der Waals surface area contributed by atoms with Gasteiger partial charge in [-0.2, -0.15) is 15.0 Å². The molecule has 15 N–H and O–H groups in total. The number of hydrogen-bond donors (Lipinski definition) is 15. The maximum atomic E-state index is 13.3. The number of anilines is 2. The zero-order chi connectivity index (χ0) is 68.0. The lowest BCUT2D eigenvalue weighted by Gasteiger charge is -2.27. The van der Waals surface area contributed by atoms with E-state index in [0.717, 1.165) is 0 Å². The largest absolute Gasteiger partial charge is 0.508 e. The number of phenolic OH excluding ortho intramolecular Hbond substituents is 1. The van der Waals surface area contributed by atoms with E-state index >= 15 is 0 Å². The number of nitrogens with zero attached hydrogens (tertiary/aromatic N) is 8. The first-order valence-electron chi connectivity index (χ1n) is 28.8. The molecule has 0 aliphatic heterocycles. The maximum Gasteiger partial charge on any atom is 0.326 e. The Balaban J connectivity index is 1.09. The number of phenols is 1. The van der Waals surface area contributed by atoms with Crippen LogP contribution in [0.3, 0.4) is 0 Å². The van der Waals surface area contributed by atoms with Crippen molar-refractivity contribution in [1.82, 2.24) is 71.6 Å². The molecule has 93 heavy (non-hydrogen) atoms. The molecule has 0 saturated carbocycles. The summed E-state index contributed by atoms with van der Waals surface area (Å²) in [6, 6.07) is 15.2. The molecule has 4 aromatic heterocycles. The summed E-state index contributed by atoms with van der Waals surface area (Å²) in [4.78, 5) is 164. The normalized spacial score (nSPS) is 12.3. The third-order valence-corrected chi connectivity index (χ3v) is 13.4. The highest BCUT2D eigenvalue weighted by Crippen LogP contribution is 2.23. The van der Waals surface area contributed by atoms with Crippen molar-refractivity contribution in [3.05, 3.63) is 101 Å².